The fourth-order valence-electron chi connectivity index (χ4n) is 2.92. The number of nitrogens with one attached hydrogen (secondary N) is 3. The molecule has 0 aliphatic carbocycles. The second-order valence-electron chi connectivity index (χ2n) is 6.67. The van der Waals surface area contributed by atoms with Crippen molar-refractivity contribution in [1.29, 1.82) is 0 Å². The average Bonchev–Trinajstić information content (AvgIpc) is 3.32. The van der Waals surface area contributed by atoms with Gasteiger partial charge in [-0.1, -0.05) is 0 Å². The van der Waals surface area contributed by atoms with Crippen LogP contribution in [0.25, 0.3) is 5.82 Å². The molecule has 0 aliphatic rings. The minimum absolute atomic E-state index is 0.325. The molecular weight excluding hydrogens is 394 g/mol. The number of benzene rings is 2. The van der Waals surface area contributed by atoms with Crippen molar-refractivity contribution in [2.75, 3.05) is 23.1 Å². The van der Waals surface area contributed by atoms with Gasteiger partial charge in [-0.05, 0) is 61.0 Å². The van der Waals surface area contributed by atoms with E-state index in [0.29, 0.717) is 23.0 Å². The molecule has 0 saturated heterocycles. The van der Waals surface area contributed by atoms with Crippen molar-refractivity contribution in [3.63, 3.8) is 0 Å². The van der Waals surface area contributed by atoms with Crippen LogP contribution in [0.2, 0.25) is 0 Å². The van der Waals surface area contributed by atoms with Crippen LogP contribution in [0.5, 0.6) is 5.75 Å². The first kappa shape index (κ1) is 19.9. The molecule has 2 aromatic heterocycles. The maximum Gasteiger partial charge on any atom is 0.323 e. The predicted molar refractivity (Wildman–Crippen MR) is 119 cm³/mol. The van der Waals surface area contributed by atoms with E-state index in [1.165, 1.54) is 6.33 Å². The number of ether oxygens (including phenoxy) is 1. The molecule has 0 atom stereocenters. The number of urea groups is 1. The van der Waals surface area contributed by atoms with Crippen molar-refractivity contribution in [2.24, 2.45) is 0 Å². The normalized spacial score (nSPS) is 10.4. The first-order chi connectivity index (χ1) is 15.1. The highest BCUT2D eigenvalue weighted by molar-refractivity contribution is 6.00. The molecule has 2 amide bonds. The number of hydrogen-bond acceptors (Lipinski definition) is 6. The molecule has 156 valence electrons. The predicted octanol–water partition coefficient (Wildman–Crippen LogP) is 4.37. The monoisotopic (exact) mass is 415 g/mol. The molecule has 0 fully saturated rings. The van der Waals surface area contributed by atoms with Gasteiger partial charge >= 0.3 is 6.03 Å². The largest absolute Gasteiger partial charge is 0.497 e. The Morgan fingerprint density at radius 3 is 2.52 bits per heavy atom. The molecule has 0 bridgehead atoms. The minimum Gasteiger partial charge on any atom is -0.497 e. The SMILES string of the molecule is COc1ccc(NC(=O)Nc2ccc(Nc3cc(-n4cccn4)ncn3)cc2)c(C)c1. The molecule has 0 saturated carbocycles. The molecule has 0 unspecified atom stereocenters. The maximum atomic E-state index is 12.3. The second-order valence-corrected chi connectivity index (χ2v) is 6.67. The summed E-state index contributed by atoms with van der Waals surface area (Å²) in [4.78, 5) is 20.8. The average molecular weight is 415 g/mol. The number of nitrogens with zero attached hydrogens (tertiary/aromatic N) is 4. The fourth-order valence-corrected chi connectivity index (χ4v) is 2.92. The standard InChI is InChI=1S/C22H21N7O2/c1-15-12-18(31-2)8-9-19(15)28-22(30)27-17-6-4-16(5-7-17)26-20-13-21(24-14-23-20)29-11-3-10-25-29/h3-14H,1-2H3,(H,23,24,26)(H2,27,28,30). The first-order valence-corrected chi connectivity index (χ1v) is 9.52. The van der Waals surface area contributed by atoms with Gasteiger partial charge in [0, 0.05) is 35.5 Å². The Hall–Kier alpha value is -4.40. The van der Waals surface area contributed by atoms with Crippen molar-refractivity contribution < 1.29 is 9.53 Å². The molecule has 4 aromatic rings. The number of carbonyl (C=O) groups is 1. The quantitative estimate of drug-likeness (QED) is 0.432. The topological polar surface area (TPSA) is 106 Å². The van der Waals surface area contributed by atoms with Crippen LogP contribution in [-0.2, 0) is 0 Å². The van der Waals surface area contributed by atoms with E-state index >= 15 is 0 Å². The van der Waals surface area contributed by atoms with E-state index in [1.807, 2.05) is 37.4 Å². The fraction of sp³-hybridized carbons (Fsp3) is 0.0909. The zero-order valence-electron chi connectivity index (χ0n) is 17.0. The van der Waals surface area contributed by atoms with Gasteiger partial charge < -0.3 is 20.7 Å². The van der Waals surface area contributed by atoms with Crippen molar-refractivity contribution in [3.8, 4) is 11.6 Å². The summed E-state index contributed by atoms with van der Waals surface area (Å²) in [5.41, 5.74) is 3.11. The van der Waals surface area contributed by atoms with E-state index in [-0.39, 0.29) is 6.03 Å². The molecule has 31 heavy (non-hydrogen) atoms. The van der Waals surface area contributed by atoms with Crippen LogP contribution in [-0.4, -0.2) is 32.9 Å². The van der Waals surface area contributed by atoms with E-state index in [4.69, 9.17) is 4.74 Å². The van der Waals surface area contributed by atoms with Crippen LogP contribution in [0.1, 0.15) is 5.56 Å². The molecule has 9 nitrogen and oxygen atoms in total. The van der Waals surface area contributed by atoms with Gasteiger partial charge in [0.05, 0.1) is 7.11 Å². The van der Waals surface area contributed by atoms with E-state index in [0.717, 1.165) is 17.0 Å². The summed E-state index contributed by atoms with van der Waals surface area (Å²) in [6.07, 6.45) is 4.97. The molecule has 2 aromatic carbocycles. The molecule has 0 radical (unpaired) electrons. The Balaban J connectivity index is 1.37. The third kappa shape index (κ3) is 4.96. The van der Waals surface area contributed by atoms with Gasteiger partial charge in [0.2, 0.25) is 0 Å². The number of aromatic nitrogens is 4. The zero-order chi connectivity index (χ0) is 21.6. The van der Waals surface area contributed by atoms with Crippen LogP contribution in [0.3, 0.4) is 0 Å². The maximum absolute atomic E-state index is 12.3. The third-order valence-electron chi connectivity index (χ3n) is 4.49. The van der Waals surface area contributed by atoms with E-state index < -0.39 is 0 Å². The highest BCUT2D eigenvalue weighted by atomic mass is 16.5. The summed E-state index contributed by atoms with van der Waals surface area (Å²) in [7, 11) is 1.61. The van der Waals surface area contributed by atoms with Gasteiger partial charge in [-0.3, -0.25) is 0 Å². The zero-order valence-corrected chi connectivity index (χ0v) is 17.0. The number of methoxy groups -OCH3 is 1. The molecule has 9 heteroatoms. The highest BCUT2D eigenvalue weighted by Crippen LogP contribution is 2.22. The molecule has 4 rings (SSSR count). The Morgan fingerprint density at radius 1 is 1.00 bits per heavy atom. The molecule has 0 spiro atoms. The van der Waals surface area contributed by atoms with Gasteiger partial charge in [-0.15, -0.1) is 0 Å². The Morgan fingerprint density at radius 2 is 1.81 bits per heavy atom. The number of rotatable bonds is 6. The lowest BCUT2D eigenvalue weighted by atomic mass is 10.2. The van der Waals surface area contributed by atoms with Gasteiger partial charge in [0.15, 0.2) is 5.82 Å². The lowest BCUT2D eigenvalue weighted by Crippen LogP contribution is -2.19. The third-order valence-corrected chi connectivity index (χ3v) is 4.49. The molecule has 3 N–H and O–H groups in total. The minimum atomic E-state index is -0.325. The van der Waals surface area contributed by atoms with Crippen LogP contribution in [0.4, 0.5) is 27.7 Å². The van der Waals surface area contributed by atoms with Crippen molar-refractivity contribution in [2.45, 2.75) is 6.92 Å². The van der Waals surface area contributed by atoms with Gasteiger partial charge in [0.1, 0.15) is 17.9 Å². The van der Waals surface area contributed by atoms with Gasteiger partial charge in [0.25, 0.3) is 0 Å². The first-order valence-electron chi connectivity index (χ1n) is 9.52. The summed E-state index contributed by atoms with van der Waals surface area (Å²) >= 11 is 0. The molecule has 0 aliphatic heterocycles. The summed E-state index contributed by atoms with van der Waals surface area (Å²) in [6.45, 7) is 1.91. The number of amides is 2. The van der Waals surface area contributed by atoms with Gasteiger partial charge in [-0.25, -0.2) is 19.4 Å². The molecule has 2 heterocycles. The Bertz CT molecular complexity index is 1170. The van der Waals surface area contributed by atoms with Gasteiger partial charge in [-0.2, -0.15) is 5.10 Å². The summed E-state index contributed by atoms with van der Waals surface area (Å²) < 4.78 is 6.84. The number of anilines is 4. The summed E-state index contributed by atoms with van der Waals surface area (Å²) in [5, 5.41) is 13.0. The number of carbonyl (C=O) groups excluding carboxylic acids is 1. The Labute approximate surface area is 179 Å². The van der Waals surface area contributed by atoms with Crippen molar-refractivity contribution in [3.05, 3.63) is 78.9 Å². The second kappa shape index (κ2) is 8.95. The highest BCUT2D eigenvalue weighted by Gasteiger charge is 2.07. The lowest BCUT2D eigenvalue weighted by molar-refractivity contribution is 0.262. The van der Waals surface area contributed by atoms with E-state index in [1.54, 1.807) is 48.3 Å². The lowest BCUT2D eigenvalue weighted by Gasteiger charge is -2.12. The van der Waals surface area contributed by atoms with Crippen molar-refractivity contribution >= 4 is 28.9 Å². The van der Waals surface area contributed by atoms with Crippen LogP contribution < -0.4 is 20.7 Å². The summed E-state index contributed by atoms with van der Waals surface area (Å²) in [6, 6.07) is 16.1. The molecular formula is C22H21N7O2. The number of aryl methyl sites for hydroxylation is 1. The van der Waals surface area contributed by atoms with Crippen molar-refractivity contribution in [1.82, 2.24) is 19.7 Å². The van der Waals surface area contributed by atoms with Crippen LogP contribution >= 0.6 is 0 Å². The summed E-state index contributed by atoms with van der Waals surface area (Å²) in [5.74, 6) is 2.03. The van der Waals surface area contributed by atoms with Crippen LogP contribution in [0, 0.1) is 6.92 Å². The van der Waals surface area contributed by atoms with Crippen LogP contribution in [0.15, 0.2) is 73.3 Å². The van der Waals surface area contributed by atoms with E-state index in [2.05, 4.69) is 31.0 Å². The Kier molecular flexibility index (Phi) is 5.75. The number of hydrogen-bond donors (Lipinski definition) is 3. The smallest absolute Gasteiger partial charge is 0.323 e. The van der Waals surface area contributed by atoms with E-state index in [9.17, 15) is 4.79 Å².